The van der Waals surface area contributed by atoms with Crippen LogP contribution in [0.2, 0.25) is 5.02 Å². The summed E-state index contributed by atoms with van der Waals surface area (Å²) in [5.41, 5.74) is 0.853. The van der Waals surface area contributed by atoms with Gasteiger partial charge in [0.05, 0.1) is 0 Å². The van der Waals surface area contributed by atoms with Gasteiger partial charge < -0.3 is 10.4 Å². The predicted octanol–water partition coefficient (Wildman–Crippen LogP) is 3.80. The van der Waals surface area contributed by atoms with Crippen molar-refractivity contribution in [3.8, 4) is 5.75 Å². The van der Waals surface area contributed by atoms with Crippen LogP contribution >= 0.6 is 11.6 Å². The minimum Gasteiger partial charge on any atom is -0.508 e. The molecule has 1 heterocycles. The molecule has 94 valence electrons. The lowest BCUT2D eigenvalue weighted by atomic mass is 9.86. The summed E-state index contributed by atoms with van der Waals surface area (Å²) in [4.78, 5) is 0. The molecule has 0 aliphatic carbocycles. The normalized spacial score (nSPS) is 23.7. The topological polar surface area (TPSA) is 32.3 Å². The molecule has 1 fully saturated rings. The summed E-state index contributed by atoms with van der Waals surface area (Å²) in [6.07, 6.45) is 2.18. The minimum atomic E-state index is -0.141. The molecule has 0 radical (unpaired) electrons. The van der Waals surface area contributed by atoms with Gasteiger partial charge in [0.15, 0.2) is 0 Å². The molecular weight excluding hydrogens is 246 g/mol. The molecule has 2 aromatic rings. The van der Waals surface area contributed by atoms with E-state index in [-0.39, 0.29) is 5.54 Å². The molecule has 0 saturated carbocycles. The van der Waals surface area contributed by atoms with Gasteiger partial charge in [-0.05, 0) is 55.3 Å². The molecule has 1 aliphatic rings. The Kier molecular flexibility index (Phi) is 2.72. The van der Waals surface area contributed by atoms with Crippen LogP contribution in [0, 0.1) is 0 Å². The minimum absolute atomic E-state index is 0.141. The average Bonchev–Trinajstić information content (AvgIpc) is 2.77. The molecule has 0 bridgehead atoms. The zero-order valence-electron chi connectivity index (χ0n) is 10.3. The van der Waals surface area contributed by atoms with Crippen molar-refractivity contribution in [1.82, 2.24) is 5.32 Å². The van der Waals surface area contributed by atoms with E-state index in [0.29, 0.717) is 5.75 Å². The van der Waals surface area contributed by atoms with Crippen LogP contribution in [-0.4, -0.2) is 11.7 Å². The summed E-state index contributed by atoms with van der Waals surface area (Å²) in [6, 6.07) is 9.50. The van der Waals surface area contributed by atoms with Crippen LogP contribution in [0.15, 0.2) is 30.3 Å². The lowest BCUT2D eigenvalue weighted by Crippen LogP contribution is -2.33. The van der Waals surface area contributed by atoms with Gasteiger partial charge in [-0.15, -0.1) is 0 Å². The Hall–Kier alpha value is -1.25. The van der Waals surface area contributed by atoms with Crippen LogP contribution < -0.4 is 5.32 Å². The van der Waals surface area contributed by atoms with E-state index in [1.807, 2.05) is 24.3 Å². The number of fused-ring (bicyclic) bond motifs is 1. The first-order valence-electron chi connectivity index (χ1n) is 6.27. The van der Waals surface area contributed by atoms with Gasteiger partial charge in [-0.3, -0.25) is 0 Å². The fourth-order valence-electron chi connectivity index (χ4n) is 2.98. The van der Waals surface area contributed by atoms with Crippen LogP contribution in [-0.2, 0) is 5.54 Å². The number of halogens is 1. The second-order valence-electron chi connectivity index (χ2n) is 5.19. The highest BCUT2D eigenvalue weighted by molar-refractivity contribution is 6.31. The van der Waals surface area contributed by atoms with Crippen molar-refractivity contribution in [1.29, 1.82) is 0 Å². The summed E-state index contributed by atoms with van der Waals surface area (Å²) < 4.78 is 0. The van der Waals surface area contributed by atoms with Crippen LogP contribution in [0.1, 0.15) is 25.3 Å². The molecule has 2 N–H and O–H groups in total. The highest BCUT2D eigenvalue weighted by Crippen LogP contribution is 2.40. The van der Waals surface area contributed by atoms with E-state index in [0.717, 1.165) is 40.7 Å². The second kappa shape index (κ2) is 4.15. The first-order valence-corrected chi connectivity index (χ1v) is 6.65. The quantitative estimate of drug-likeness (QED) is 0.818. The monoisotopic (exact) mass is 261 g/mol. The number of benzene rings is 2. The van der Waals surface area contributed by atoms with E-state index >= 15 is 0 Å². The van der Waals surface area contributed by atoms with E-state index in [9.17, 15) is 5.11 Å². The summed E-state index contributed by atoms with van der Waals surface area (Å²) in [7, 11) is 0. The third-order valence-electron chi connectivity index (χ3n) is 3.88. The maximum absolute atomic E-state index is 10.2. The molecule has 0 amide bonds. The third-order valence-corrected chi connectivity index (χ3v) is 4.12. The van der Waals surface area contributed by atoms with Gasteiger partial charge >= 0.3 is 0 Å². The van der Waals surface area contributed by atoms with Crippen molar-refractivity contribution in [3.05, 3.63) is 40.9 Å². The molecule has 0 spiro atoms. The van der Waals surface area contributed by atoms with Gasteiger partial charge in [-0.1, -0.05) is 23.7 Å². The van der Waals surface area contributed by atoms with Crippen LogP contribution in [0.5, 0.6) is 5.75 Å². The van der Waals surface area contributed by atoms with E-state index in [1.165, 1.54) is 0 Å². The number of hydrogen-bond acceptors (Lipinski definition) is 2. The summed E-state index contributed by atoms with van der Waals surface area (Å²) in [5.74, 6) is 0.363. The Morgan fingerprint density at radius 1 is 1.28 bits per heavy atom. The largest absolute Gasteiger partial charge is 0.508 e. The van der Waals surface area contributed by atoms with Crippen molar-refractivity contribution in [3.63, 3.8) is 0 Å². The molecule has 18 heavy (non-hydrogen) atoms. The highest BCUT2D eigenvalue weighted by Gasteiger charge is 2.33. The molecule has 2 nitrogen and oxygen atoms in total. The molecule has 3 heteroatoms. The second-order valence-corrected chi connectivity index (χ2v) is 5.62. The smallest absolute Gasteiger partial charge is 0.121 e. The molecule has 1 unspecified atom stereocenters. The first kappa shape index (κ1) is 11.8. The van der Waals surface area contributed by atoms with Gasteiger partial charge in [-0.25, -0.2) is 0 Å². The van der Waals surface area contributed by atoms with Gasteiger partial charge in [0.2, 0.25) is 0 Å². The van der Waals surface area contributed by atoms with Crippen molar-refractivity contribution in [2.45, 2.75) is 25.3 Å². The molecule has 1 aliphatic heterocycles. The van der Waals surface area contributed by atoms with E-state index in [1.54, 1.807) is 6.07 Å². The van der Waals surface area contributed by atoms with Crippen molar-refractivity contribution < 1.29 is 5.11 Å². The first-order chi connectivity index (χ1) is 8.60. The SMILES string of the molecule is CC1(c2c(O)ccc3cc(Cl)ccc23)CCCN1. The molecule has 3 rings (SSSR count). The van der Waals surface area contributed by atoms with Gasteiger partial charge in [0.25, 0.3) is 0 Å². The van der Waals surface area contributed by atoms with Crippen LogP contribution in [0.25, 0.3) is 10.8 Å². The highest BCUT2D eigenvalue weighted by atomic mass is 35.5. The summed E-state index contributed by atoms with van der Waals surface area (Å²) in [6.45, 7) is 3.16. The summed E-state index contributed by atoms with van der Waals surface area (Å²) >= 11 is 6.03. The Morgan fingerprint density at radius 2 is 2.11 bits per heavy atom. The van der Waals surface area contributed by atoms with Gasteiger partial charge in [0.1, 0.15) is 5.75 Å². The van der Waals surface area contributed by atoms with Crippen molar-refractivity contribution in [2.24, 2.45) is 0 Å². The molecule has 0 aromatic heterocycles. The fourth-order valence-corrected chi connectivity index (χ4v) is 3.16. The number of phenols is 1. The molecule has 1 atom stereocenters. The number of nitrogens with one attached hydrogen (secondary N) is 1. The van der Waals surface area contributed by atoms with E-state index in [2.05, 4.69) is 12.2 Å². The Labute approximate surface area is 112 Å². The predicted molar refractivity (Wildman–Crippen MR) is 75.2 cm³/mol. The Bertz CT molecular complexity index is 603. The summed E-state index contributed by atoms with van der Waals surface area (Å²) in [5, 5.41) is 16.6. The molecule has 2 aromatic carbocycles. The van der Waals surface area contributed by atoms with Gasteiger partial charge in [-0.2, -0.15) is 0 Å². The Morgan fingerprint density at radius 3 is 2.83 bits per heavy atom. The lowest BCUT2D eigenvalue weighted by Gasteiger charge is -2.27. The van der Waals surface area contributed by atoms with Gasteiger partial charge in [0, 0.05) is 16.1 Å². The maximum atomic E-state index is 10.2. The van der Waals surface area contributed by atoms with Crippen molar-refractivity contribution in [2.75, 3.05) is 6.54 Å². The maximum Gasteiger partial charge on any atom is 0.121 e. The molecule has 1 saturated heterocycles. The molecular formula is C15H16ClNO. The van der Waals surface area contributed by atoms with Crippen molar-refractivity contribution >= 4 is 22.4 Å². The standard InChI is InChI=1S/C15H16ClNO/c1-15(7-2-8-17-15)14-12-5-4-11(16)9-10(12)3-6-13(14)18/h3-6,9,17-18H,2,7-8H2,1H3. The number of rotatable bonds is 1. The number of phenolic OH excluding ortho intramolecular Hbond substituents is 1. The lowest BCUT2D eigenvalue weighted by molar-refractivity contribution is 0.398. The zero-order valence-corrected chi connectivity index (χ0v) is 11.1. The average molecular weight is 262 g/mol. The fraction of sp³-hybridized carbons (Fsp3) is 0.333. The van der Waals surface area contributed by atoms with Crippen LogP contribution in [0.3, 0.4) is 0 Å². The Balaban J connectivity index is 2.29. The van der Waals surface area contributed by atoms with E-state index < -0.39 is 0 Å². The third kappa shape index (κ3) is 1.76. The van der Waals surface area contributed by atoms with E-state index in [4.69, 9.17) is 11.6 Å². The van der Waals surface area contributed by atoms with Crippen LogP contribution in [0.4, 0.5) is 0 Å². The number of aromatic hydroxyl groups is 1. The number of hydrogen-bond donors (Lipinski definition) is 2. The zero-order chi connectivity index (χ0) is 12.8.